The molecule has 0 aliphatic carbocycles. The van der Waals surface area contributed by atoms with E-state index in [1.165, 1.54) is 18.2 Å². The maximum absolute atomic E-state index is 12.0. The van der Waals surface area contributed by atoms with Crippen LogP contribution >= 0.6 is 11.6 Å². The molecule has 0 spiro atoms. The number of piperidine rings is 1. The van der Waals surface area contributed by atoms with Crippen LogP contribution in [0.4, 0.5) is 5.69 Å². The predicted molar refractivity (Wildman–Crippen MR) is 76.0 cm³/mol. The number of carbonyl (C=O) groups is 1. The van der Waals surface area contributed by atoms with Crippen molar-refractivity contribution in [3.63, 3.8) is 0 Å². The van der Waals surface area contributed by atoms with Crippen LogP contribution in [0.1, 0.15) is 23.2 Å². The van der Waals surface area contributed by atoms with Crippen molar-refractivity contribution in [2.75, 3.05) is 19.6 Å². The number of benzene rings is 1. The molecule has 1 aliphatic rings. The van der Waals surface area contributed by atoms with Crippen molar-refractivity contribution in [2.45, 2.75) is 12.8 Å². The van der Waals surface area contributed by atoms with E-state index >= 15 is 0 Å². The third-order valence-corrected chi connectivity index (χ3v) is 3.59. The summed E-state index contributed by atoms with van der Waals surface area (Å²) in [7, 11) is 0. The van der Waals surface area contributed by atoms with Gasteiger partial charge in [-0.2, -0.15) is 0 Å². The molecule has 108 valence electrons. The normalized spacial score (nSPS) is 18.6. The number of nitro benzene ring substituents is 1. The van der Waals surface area contributed by atoms with Crippen molar-refractivity contribution in [3.05, 3.63) is 38.9 Å². The average Bonchev–Trinajstić information content (AvgIpc) is 2.45. The summed E-state index contributed by atoms with van der Waals surface area (Å²) in [6.07, 6.45) is 2.14. The van der Waals surface area contributed by atoms with Gasteiger partial charge in [-0.15, -0.1) is 0 Å². The first kappa shape index (κ1) is 14.7. The highest BCUT2D eigenvalue weighted by Gasteiger charge is 2.21. The van der Waals surface area contributed by atoms with E-state index in [2.05, 4.69) is 10.6 Å². The molecule has 1 atom stereocenters. The van der Waals surface area contributed by atoms with Crippen LogP contribution in [0.25, 0.3) is 0 Å². The number of amides is 1. The monoisotopic (exact) mass is 297 g/mol. The van der Waals surface area contributed by atoms with Crippen molar-refractivity contribution < 1.29 is 9.72 Å². The van der Waals surface area contributed by atoms with Crippen LogP contribution in [-0.4, -0.2) is 30.5 Å². The Kier molecular flexibility index (Phi) is 4.92. The predicted octanol–water partition coefficient (Wildman–Crippen LogP) is 1.98. The summed E-state index contributed by atoms with van der Waals surface area (Å²) in [5.74, 6) is -0.0574. The van der Waals surface area contributed by atoms with Crippen LogP contribution in [0.15, 0.2) is 18.2 Å². The molecule has 0 aromatic heterocycles. The Morgan fingerprint density at radius 2 is 2.35 bits per heavy atom. The summed E-state index contributed by atoms with van der Waals surface area (Å²) in [5, 5.41) is 17.2. The SMILES string of the molecule is O=C(NCC1CCCNC1)c1ccc(Cl)cc1[N+](=O)[O-]. The zero-order valence-corrected chi connectivity index (χ0v) is 11.7. The van der Waals surface area contributed by atoms with Crippen LogP contribution in [0.5, 0.6) is 0 Å². The highest BCUT2D eigenvalue weighted by molar-refractivity contribution is 6.31. The van der Waals surface area contributed by atoms with Crippen LogP contribution in [0, 0.1) is 16.0 Å². The number of nitro groups is 1. The van der Waals surface area contributed by atoms with Crippen molar-refractivity contribution >= 4 is 23.2 Å². The molecule has 0 bridgehead atoms. The maximum atomic E-state index is 12.0. The summed E-state index contributed by atoms with van der Waals surface area (Å²) in [6, 6.07) is 4.05. The number of hydrogen-bond acceptors (Lipinski definition) is 4. The second-order valence-corrected chi connectivity index (χ2v) is 5.28. The van der Waals surface area contributed by atoms with Gasteiger partial charge in [0.05, 0.1) is 4.92 Å². The van der Waals surface area contributed by atoms with Gasteiger partial charge in [-0.05, 0) is 44.0 Å². The van der Waals surface area contributed by atoms with Gasteiger partial charge in [-0.3, -0.25) is 14.9 Å². The van der Waals surface area contributed by atoms with Crippen molar-refractivity contribution in [1.29, 1.82) is 0 Å². The Hall–Kier alpha value is -1.66. The van der Waals surface area contributed by atoms with E-state index < -0.39 is 10.8 Å². The van der Waals surface area contributed by atoms with Crippen molar-refractivity contribution in [1.82, 2.24) is 10.6 Å². The number of hydrogen-bond donors (Lipinski definition) is 2. The lowest BCUT2D eigenvalue weighted by atomic mass is 9.99. The number of rotatable bonds is 4. The van der Waals surface area contributed by atoms with Gasteiger partial charge in [0.15, 0.2) is 0 Å². The van der Waals surface area contributed by atoms with Gasteiger partial charge in [0.1, 0.15) is 5.56 Å². The fourth-order valence-corrected chi connectivity index (χ4v) is 2.44. The molecule has 1 aromatic rings. The third-order valence-electron chi connectivity index (χ3n) is 3.35. The standard InChI is InChI=1S/C13H16ClN3O3/c14-10-3-4-11(12(6-10)17(19)20)13(18)16-8-9-2-1-5-15-7-9/h3-4,6,9,15H,1-2,5,7-8H2,(H,16,18). The minimum absolute atomic E-state index is 0.0446. The van der Waals surface area contributed by atoms with E-state index in [4.69, 9.17) is 11.6 Å². The lowest BCUT2D eigenvalue weighted by molar-refractivity contribution is -0.385. The molecule has 1 fully saturated rings. The Balaban J connectivity index is 2.03. The minimum Gasteiger partial charge on any atom is -0.351 e. The van der Waals surface area contributed by atoms with E-state index in [9.17, 15) is 14.9 Å². The maximum Gasteiger partial charge on any atom is 0.283 e. The van der Waals surface area contributed by atoms with E-state index in [0.29, 0.717) is 12.5 Å². The number of nitrogens with one attached hydrogen (secondary N) is 2. The molecule has 6 nitrogen and oxygen atoms in total. The summed E-state index contributed by atoms with van der Waals surface area (Å²) in [4.78, 5) is 22.4. The van der Waals surface area contributed by atoms with Gasteiger partial charge in [-0.25, -0.2) is 0 Å². The molecule has 2 N–H and O–H groups in total. The molecule has 1 aromatic carbocycles. The third kappa shape index (κ3) is 3.68. The molecule has 1 aliphatic heterocycles. The fourth-order valence-electron chi connectivity index (χ4n) is 2.28. The quantitative estimate of drug-likeness (QED) is 0.657. The first-order valence-electron chi connectivity index (χ1n) is 6.51. The number of nitrogens with zero attached hydrogens (tertiary/aromatic N) is 1. The Morgan fingerprint density at radius 3 is 3.00 bits per heavy atom. The Bertz CT molecular complexity index is 516. The molecule has 0 radical (unpaired) electrons. The van der Waals surface area contributed by atoms with E-state index in [-0.39, 0.29) is 16.3 Å². The van der Waals surface area contributed by atoms with Gasteiger partial charge < -0.3 is 10.6 Å². The van der Waals surface area contributed by atoms with Crippen molar-refractivity contribution in [3.8, 4) is 0 Å². The molecule has 2 rings (SSSR count). The average molecular weight is 298 g/mol. The number of halogens is 1. The molecule has 7 heteroatoms. The number of carbonyl (C=O) groups excluding carboxylic acids is 1. The molecule has 20 heavy (non-hydrogen) atoms. The smallest absolute Gasteiger partial charge is 0.283 e. The summed E-state index contributed by atoms with van der Waals surface area (Å²) in [5.41, 5.74) is -0.222. The topological polar surface area (TPSA) is 84.3 Å². The first-order valence-corrected chi connectivity index (χ1v) is 6.88. The summed E-state index contributed by atoms with van der Waals surface area (Å²) < 4.78 is 0. The van der Waals surface area contributed by atoms with Gasteiger partial charge in [0.25, 0.3) is 11.6 Å². The van der Waals surface area contributed by atoms with Crippen LogP contribution < -0.4 is 10.6 Å². The molecule has 1 heterocycles. The molecule has 1 unspecified atom stereocenters. The highest BCUT2D eigenvalue weighted by atomic mass is 35.5. The summed E-state index contributed by atoms with van der Waals surface area (Å²) in [6.45, 7) is 2.39. The second-order valence-electron chi connectivity index (χ2n) is 4.84. The first-order chi connectivity index (χ1) is 9.58. The zero-order valence-electron chi connectivity index (χ0n) is 10.9. The molecular formula is C13H16ClN3O3. The molecule has 0 saturated carbocycles. The van der Waals surface area contributed by atoms with Gasteiger partial charge in [0.2, 0.25) is 0 Å². The largest absolute Gasteiger partial charge is 0.351 e. The summed E-state index contributed by atoms with van der Waals surface area (Å²) >= 11 is 5.72. The van der Waals surface area contributed by atoms with Crippen molar-refractivity contribution in [2.24, 2.45) is 5.92 Å². The Morgan fingerprint density at radius 1 is 1.55 bits per heavy atom. The van der Waals surface area contributed by atoms with E-state index in [1.54, 1.807) is 0 Å². The van der Waals surface area contributed by atoms with E-state index in [0.717, 1.165) is 25.9 Å². The fraction of sp³-hybridized carbons (Fsp3) is 0.462. The Labute approximate surface area is 121 Å². The van der Waals surface area contributed by atoms with Crippen LogP contribution in [0.3, 0.4) is 0 Å². The molecular weight excluding hydrogens is 282 g/mol. The van der Waals surface area contributed by atoms with Crippen LogP contribution in [0.2, 0.25) is 5.02 Å². The van der Waals surface area contributed by atoms with Gasteiger partial charge in [-0.1, -0.05) is 11.6 Å². The minimum atomic E-state index is -0.594. The second kappa shape index (κ2) is 6.67. The van der Waals surface area contributed by atoms with Crippen LogP contribution in [-0.2, 0) is 0 Å². The van der Waals surface area contributed by atoms with Gasteiger partial charge in [0, 0.05) is 17.6 Å². The lowest BCUT2D eigenvalue weighted by Gasteiger charge is -2.22. The van der Waals surface area contributed by atoms with Gasteiger partial charge >= 0.3 is 0 Å². The van der Waals surface area contributed by atoms with E-state index in [1.807, 2.05) is 0 Å². The molecule has 1 saturated heterocycles. The highest BCUT2D eigenvalue weighted by Crippen LogP contribution is 2.23. The zero-order chi connectivity index (χ0) is 14.5. The molecule has 1 amide bonds. The lowest BCUT2D eigenvalue weighted by Crippen LogP contribution is -2.38.